The largest absolute Gasteiger partial charge is 0.393 e. The van der Waals surface area contributed by atoms with Crippen molar-refractivity contribution < 1.29 is 5.11 Å². The van der Waals surface area contributed by atoms with Crippen LogP contribution in [-0.2, 0) is 0 Å². The quantitative estimate of drug-likeness (QED) is 0.647. The third kappa shape index (κ3) is 2.10. The van der Waals surface area contributed by atoms with Gasteiger partial charge in [0, 0.05) is 18.6 Å². The van der Waals surface area contributed by atoms with Gasteiger partial charge in [-0.3, -0.25) is 4.90 Å². The van der Waals surface area contributed by atoms with Gasteiger partial charge in [0.1, 0.15) is 0 Å². The van der Waals surface area contributed by atoms with Crippen molar-refractivity contribution in [3.63, 3.8) is 0 Å². The molecule has 3 nitrogen and oxygen atoms in total. The maximum atomic E-state index is 9.47. The highest BCUT2D eigenvalue weighted by atomic mass is 16.3. The van der Waals surface area contributed by atoms with Gasteiger partial charge in [-0.2, -0.15) is 0 Å². The number of hydrogen-bond acceptors (Lipinski definition) is 3. The molecule has 0 saturated carbocycles. The van der Waals surface area contributed by atoms with Crippen molar-refractivity contribution in [2.75, 3.05) is 26.2 Å². The van der Waals surface area contributed by atoms with E-state index in [4.69, 9.17) is 0 Å². The fourth-order valence-electron chi connectivity index (χ4n) is 2.69. The Kier molecular flexibility index (Phi) is 3.10. The topological polar surface area (TPSA) is 35.5 Å². The van der Waals surface area contributed by atoms with Gasteiger partial charge in [-0.15, -0.1) is 0 Å². The van der Waals surface area contributed by atoms with E-state index in [9.17, 15) is 5.11 Å². The molecule has 0 atom stereocenters. The van der Waals surface area contributed by atoms with Crippen molar-refractivity contribution in [2.45, 2.75) is 44.2 Å². The number of nitrogens with zero attached hydrogens (tertiary/aromatic N) is 1. The summed E-state index contributed by atoms with van der Waals surface area (Å²) in [5.41, 5.74) is 0.394. The SMILES string of the molecule is CC1(N2CCC(O)CC2)CCNCC1. The molecule has 82 valence electrons. The molecule has 0 spiro atoms. The average Bonchev–Trinajstić information content (AvgIpc) is 2.19. The van der Waals surface area contributed by atoms with Crippen LogP contribution in [0.25, 0.3) is 0 Å². The molecule has 2 rings (SSSR count). The zero-order valence-corrected chi connectivity index (χ0v) is 9.13. The number of piperidine rings is 2. The second-order valence-electron chi connectivity index (χ2n) is 4.97. The molecule has 2 saturated heterocycles. The number of nitrogens with one attached hydrogen (secondary N) is 1. The number of likely N-dealkylation sites (tertiary alicyclic amines) is 1. The summed E-state index contributed by atoms with van der Waals surface area (Å²) in [4.78, 5) is 2.58. The van der Waals surface area contributed by atoms with E-state index in [2.05, 4.69) is 17.1 Å². The average molecular weight is 198 g/mol. The van der Waals surface area contributed by atoms with E-state index in [-0.39, 0.29) is 6.10 Å². The van der Waals surface area contributed by atoms with Crippen molar-refractivity contribution in [1.29, 1.82) is 0 Å². The van der Waals surface area contributed by atoms with E-state index < -0.39 is 0 Å². The third-order valence-corrected chi connectivity index (χ3v) is 3.91. The van der Waals surface area contributed by atoms with Gasteiger partial charge in [-0.1, -0.05) is 0 Å². The second-order valence-corrected chi connectivity index (χ2v) is 4.97. The molecule has 2 aliphatic heterocycles. The van der Waals surface area contributed by atoms with E-state index in [1.165, 1.54) is 12.8 Å². The summed E-state index contributed by atoms with van der Waals surface area (Å²) in [6, 6.07) is 0. The van der Waals surface area contributed by atoms with Crippen LogP contribution in [0.1, 0.15) is 32.6 Å². The van der Waals surface area contributed by atoms with Gasteiger partial charge in [0.05, 0.1) is 6.10 Å². The molecule has 0 radical (unpaired) electrons. The van der Waals surface area contributed by atoms with Gasteiger partial charge in [0.15, 0.2) is 0 Å². The first kappa shape index (κ1) is 10.4. The van der Waals surface area contributed by atoms with Crippen LogP contribution in [0.5, 0.6) is 0 Å². The number of aliphatic hydroxyl groups excluding tert-OH is 1. The van der Waals surface area contributed by atoms with Gasteiger partial charge < -0.3 is 10.4 Å². The molecule has 0 aliphatic carbocycles. The van der Waals surface area contributed by atoms with Gasteiger partial charge in [0.2, 0.25) is 0 Å². The van der Waals surface area contributed by atoms with Crippen molar-refractivity contribution in [3.05, 3.63) is 0 Å². The standard InChI is InChI=1S/C11H22N2O/c1-11(4-6-12-7-5-11)13-8-2-10(14)3-9-13/h10,12,14H,2-9H2,1H3. The van der Waals surface area contributed by atoms with Gasteiger partial charge in [0.25, 0.3) is 0 Å². The molecule has 0 aromatic rings. The van der Waals surface area contributed by atoms with Gasteiger partial charge in [-0.05, 0) is 45.7 Å². The van der Waals surface area contributed by atoms with Crippen LogP contribution in [0, 0.1) is 0 Å². The predicted octanol–water partition coefficient (Wildman–Crippen LogP) is 0.585. The number of rotatable bonds is 1. The van der Waals surface area contributed by atoms with Gasteiger partial charge >= 0.3 is 0 Å². The van der Waals surface area contributed by atoms with E-state index in [0.29, 0.717) is 5.54 Å². The molecule has 0 bridgehead atoms. The molecular weight excluding hydrogens is 176 g/mol. The molecule has 2 N–H and O–H groups in total. The highest BCUT2D eigenvalue weighted by Gasteiger charge is 2.34. The van der Waals surface area contributed by atoms with E-state index in [0.717, 1.165) is 39.0 Å². The van der Waals surface area contributed by atoms with Crippen LogP contribution in [0.3, 0.4) is 0 Å². The fraction of sp³-hybridized carbons (Fsp3) is 1.00. The molecule has 2 aliphatic rings. The number of aliphatic hydroxyl groups is 1. The Bertz CT molecular complexity index is 182. The van der Waals surface area contributed by atoms with Crippen LogP contribution < -0.4 is 5.32 Å². The van der Waals surface area contributed by atoms with Crippen molar-refractivity contribution in [2.24, 2.45) is 0 Å². The Morgan fingerprint density at radius 3 is 2.36 bits per heavy atom. The molecule has 0 aromatic heterocycles. The summed E-state index contributed by atoms with van der Waals surface area (Å²) < 4.78 is 0. The Balaban J connectivity index is 1.92. The highest BCUT2D eigenvalue weighted by molar-refractivity contribution is 4.92. The molecule has 14 heavy (non-hydrogen) atoms. The Morgan fingerprint density at radius 2 is 1.79 bits per heavy atom. The van der Waals surface area contributed by atoms with E-state index >= 15 is 0 Å². The maximum absolute atomic E-state index is 9.47. The minimum absolute atomic E-state index is 0.0448. The Labute approximate surface area is 86.5 Å². The van der Waals surface area contributed by atoms with Crippen molar-refractivity contribution in [3.8, 4) is 0 Å². The Hall–Kier alpha value is -0.120. The predicted molar refractivity (Wildman–Crippen MR) is 57.3 cm³/mol. The lowest BCUT2D eigenvalue weighted by Gasteiger charge is -2.46. The molecular formula is C11H22N2O. The summed E-state index contributed by atoms with van der Waals surface area (Å²) in [5, 5.41) is 12.9. The lowest BCUT2D eigenvalue weighted by molar-refractivity contribution is 0.00848. The van der Waals surface area contributed by atoms with Gasteiger partial charge in [-0.25, -0.2) is 0 Å². The molecule has 2 heterocycles. The fourth-order valence-corrected chi connectivity index (χ4v) is 2.69. The van der Waals surface area contributed by atoms with Crippen LogP contribution in [0.4, 0.5) is 0 Å². The van der Waals surface area contributed by atoms with Crippen LogP contribution in [0.2, 0.25) is 0 Å². The summed E-state index contributed by atoms with van der Waals surface area (Å²) in [5.74, 6) is 0. The zero-order chi connectivity index (χ0) is 10.0. The zero-order valence-electron chi connectivity index (χ0n) is 9.13. The smallest absolute Gasteiger partial charge is 0.0564 e. The molecule has 0 unspecified atom stereocenters. The first-order valence-electron chi connectivity index (χ1n) is 5.84. The summed E-state index contributed by atoms with van der Waals surface area (Å²) in [6.07, 6.45) is 4.38. The first-order chi connectivity index (χ1) is 6.71. The summed E-state index contributed by atoms with van der Waals surface area (Å²) in [7, 11) is 0. The lowest BCUT2D eigenvalue weighted by atomic mass is 9.86. The maximum Gasteiger partial charge on any atom is 0.0564 e. The molecule has 0 amide bonds. The Morgan fingerprint density at radius 1 is 1.21 bits per heavy atom. The van der Waals surface area contributed by atoms with Crippen LogP contribution in [-0.4, -0.2) is 47.8 Å². The molecule has 3 heteroatoms. The third-order valence-electron chi connectivity index (χ3n) is 3.91. The van der Waals surface area contributed by atoms with Crippen LogP contribution >= 0.6 is 0 Å². The van der Waals surface area contributed by atoms with Crippen molar-refractivity contribution >= 4 is 0 Å². The monoisotopic (exact) mass is 198 g/mol. The second kappa shape index (κ2) is 4.17. The minimum atomic E-state index is -0.0448. The van der Waals surface area contributed by atoms with Crippen LogP contribution in [0.15, 0.2) is 0 Å². The molecule has 2 fully saturated rings. The van der Waals surface area contributed by atoms with E-state index in [1.54, 1.807) is 0 Å². The van der Waals surface area contributed by atoms with E-state index in [1.807, 2.05) is 0 Å². The first-order valence-corrected chi connectivity index (χ1v) is 5.84. The number of hydrogen-bond donors (Lipinski definition) is 2. The van der Waals surface area contributed by atoms with Crippen molar-refractivity contribution in [1.82, 2.24) is 10.2 Å². The lowest BCUT2D eigenvalue weighted by Crippen LogP contribution is -2.55. The summed E-state index contributed by atoms with van der Waals surface area (Å²) in [6.45, 7) is 6.84. The minimum Gasteiger partial charge on any atom is -0.393 e. The normalized spacial score (nSPS) is 30.4. The molecule has 0 aromatic carbocycles. The highest BCUT2D eigenvalue weighted by Crippen LogP contribution is 2.28. The summed E-state index contributed by atoms with van der Waals surface area (Å²) >= 11 is 0.